The zero-order valence-electron chi connectivity index (χ0n) is 7.33. The van der Waals surface area contributed by atoms with E-state index in [1.807, 2.05) is 0 Å². The van der Waals surface area contributed by atoms with Crippen molar-refractivity contribution in [3.63, 3.8) is 0 Å². The van der Waals surface area contributed by atoms with E-state index in [4.69, 9.17) is 0 Å². The van der Waals surface area contributed by atoms with Gasteiger partial charge >= 0.3 is 12.1 Å². The van der Waals surface area contributed by atoms with Crippen LogP contribution >= 0.6 is 0 Å². The van der Waals surface area contributed by atoms with Crippen LogP contribution in [0.25, 0.3) is 0 Å². The van der Waals surface area contributed by atoms with Gasteiger partial charge in [-0.25, -0.2) is 4.79 Å². The normalized spacial score (nSPS) is 11.6. The Balaban J connectivity index is 3.61. The van der Waals surface area contributed by atoms with Crippen LogP contribution in [0, 0.1) is 0 Å². The molecule has 0 aromatic heterocycles. The molecule has 0 spiro atoms. The molecule has 0 aliphatic rings. The summed E-state index contributed by atoms with van der Waals surface area (Å²) in [5.41, 5.74) is 0. The predicted octanol–water partition coefficient (Wildman–Crippen LogP) is 1.07. The van der Waals surface area contributed by atoms with Crippen LogP contribution < -0.4 is 0 Å². The van der Waals surface area contributed by atoms with Gasteiger partial charge < -0.3 is 14.2 Å². The average Bonchev–Trinajstić information content (AvgIpc) is 1.84. The quantitative estimate of drug-likeness (QED) is 0.475. The summed E-state index contributed by atoms with van der Waals surface area (Å²) in [7, 11) is 0. The van der Waals surface area contributed by atoms with Gasteiger partial charge in [0, 0.05) is 13.8 Å². The molecule has 5 nitrogen and oxygen atoms in total. The molecule has 0 saturated carbocycles. The first-order chi connectivity index (χ1) is 5.56. The Morgan fingerprint density at radius 1 is 1.33 bits per heavy atom. The van der Waals surface area contributed by atoms with E-state index in [0.29, 0.717) is 0 Å². The first kappa shape index (κ1) is 10.7. The topological polar surface area (TPSA) is 61.8 Å². The summed E-state index contributed by atoms with van der Waals surface area (Å²) in [6.07, 6.45) is -1.74. The summed E-state index contributed by atoms with van der Waals surface area (Å²) in [4.78, 5) is 20.9. The van der Waals surface area contributed by atoms with Gasteiger partial charge in [0.05, 0.1) is 6.61 Å². The SMILES string of the molecule is CCOC(=O)OC(C)OC(C)=O. The average molecular weight is 176 g/mol. The third kappa shape index (κ3) is 5.52. The van der Waals surface area contributed by atoms with E-state index in [0.717, 1.165) is 0 Å². The molecule has 0 heterocycles. The van der Waals surface area contributed by atoms with Gasteiger partial charge in [0.2, 0.25) is 6.29 Å². The van der Waals surface area contributed by atoms with Gasteiger partial charge in [-0.2, -0.15) is 0 Å². The highest BCUT2D eigenvalue weighted by Crippen LogP contribution is 1.96. The fraction of sp³-hybridized carbons (Fsp3) is 0.714. The second kappa shape index (κ2) is 5.40. The van der Waals surface area contributed by atoms with Crippen molar-refractivity contribution < 1.29 is 23.8 Å². The maximum Gasteiger partial charge on any atom is 0.511 e. The number of hydrogen-bond donors (Lipinski definition) is 0. The fourth-order valence-electron chi connectivity index (χ4n) is 0.545. The van der Waals surface area contributed by atoms with Gasteiger partial charge in [-0.05, 0) is 6.92 Å². The van der Waals surface area contributed by atoms with Gasteiger partial charge in [0.1, 0.15) is 0 Å². The molecule has 0 saturated heterocycles. The summed E-state index contributed by atoms with van der Waals surface area (Å²) < 4.78 is 13.4. The van der Waals surface area contributed by atoms with Crippen LogP contribution in [0.3, 0.4) is 0 Å². The summed E-state index contributed by atoms with van der Waals surface area (Å²) in [6, 6.07) is 0. The second-order valence-corrected chi connectivity index (χ2v) is 1.98. The van der Waals surface area contributed by atoms with Crippen LogP contribution in [-0.2, 0) is 19.0 Å². The van der Waals surface area contributed by atoms with Gasteiger partial charge in [0.25, 0.3) is 0 Å². The molecule has 70 valence electrons. The van der Waals surface area contributed by atoms with Crippen molar-refractivity contribution in [3.05, 3.63) is 0 Å². The molecule has 1 unspecified atom stereocenters. The molecule has 0 fully saturated rings. The maximum absolute atomic E-state index is 10.6. The lowest BCUT2D eigenvalue weighted by molar-refractivity contribution is -0.165. The highest BCUT2D eigenvalue weighted by Gasteiger charge is 2.11. The Labute approximate surface area is 70.6 Å². The van der Waals surface area contributed by atoms with Crippen molar-refractivity contribution in [1.82, 2.24) is 0 Å². The van der Waals surface area contributed by atoms with Crippen molar-refractivity contribution in [2.45, 2.75) is 27.1 Å². The molecular formula is C7H12O5. The van der Waals surface area contributed by atoms with Crippen molar-refractivity contribution in [3.8, 4) is 0 Å². The molecular weight excluding hydrogens is 164 g/mol. The second-order valence-electron chi connectivity index (χ2n) is 1.98. The molecule has 0 aromatic rings. The standard InChI is InChI=1S/C7H12O5/c1-4-10-7(9)12-6(3)11-5(2)8/h6H,4H2,1-3H3. The summed E-state index contributed by atoms with van der Waals surface area (Å²) in [6.45, 7) is 4.53. The first-order valence-electron chi connectivity index (χ1n) is 3.57. The van der Waals surface area contributed by atoms with Crippen LogP contribution in [0.4, 0.5) is 4.79 Å². The minimum atomic E-state index is -0.901. The van der Waals surface area contributed by atoms with Gasteiger partial charge in [0.15, 0.2) is 0 Å². The molecule has 0 N–H and O–H groups in total. The number of ether oxygens (including phenoxy) is 3. The highest BCUT2D eigenvalue weighted by molar-refractivity contribution is 5.66. The van der Waals surface area contributed by atoms with E-state index in [-0.39, 0.29) is 6.61 Å². The minimum Gasteiger partial charge on any atom is -0.435 e. The number of hydrogen-bond acceptors (Lipinski definition) is 5. The van der Waals surface area contributed by atoms with Crippen molar-refractivity contribution in [1.29, 1.82) is 0 Å². The molecule has 0 amide bonds. The largest absolute Gasteiger partial charge is 0.511 e. The van der Waals surface area contributed by atoms with Crippen molar-refractivity contribution in [2.75, 3.05) is 6.61 Å². The lowest BCUT2D eigenvalue weighted by Gasteiger charge is -2.11. The van der Waals surface area contributed by atoms with E-state index in [1.165, 1.54) is 13.8 Å². The molecule has 0 aromatic carbocycles. The molecule has 5 heteroatoms. The zero-order chi connectivity index (χ0) is 9.56. The van der Waals surface area contributed by atoms with Crippen molar-refractivity contribution >= 4 is 12.1 Å². The third-order valence-corrected chi connectivity index (χ3v) is 0.856. The van der Waals surface area contributed by atoms with E-state index < -0.39 is 18.4 Å². The van der Waals surface area contributed by atoms with Crippen LogP contribution in [-0.4, -0.2) is 25.0 Å². The first-order valence-corrected chi connectivity index (χ1v) is 3.57. The van der Waals surface area contributed by atoms with Crippen molar-refractivity contribution in [2.24, 2.45) is 0 Å². The Hall–Kier alpha value is -1.26. The van der Waals surface area contributed by atoms with Crippen LogP contribution in [0.15, 0.2) is 0 Å². The van der Waals surface area contributed by atoms with E-state index in [2.05, 4.69) is 14.2 Å². The molecule has 0 radical (unpaired) electrons. The van der Waals surface area contributed by atoms with E-state index in [9.17, 15) is 9.59 Å². The predicted molar refractivity (Wildman–Crippen MR) is 39.3 cm³/mol. The van der Waals surface area contributed by atoms with Gasteiger partial charge in [-0.1, -0.05) is 0 Å². The van der Waals surface area contributed by atoms with Crippen LogP contribution in [0.2, 0.25) is 0 Å². The van der Waals surface area contributed by atoms with Crippen LogP contribution in [0.5, 0.6) is 0 Å². The van der Waals surface area contributed by atoms with E-state index >= 15 is 0 Å². The molecule has 0 aliphatic carbocycles. The van der Waals surface area contributed by atoms with Gasteiger partial charge in [-0.3, -0.25) is 4.79 Å². The molecule has 0 aliphatic heterocycles. The highest BCUT2D eigenvalue weighted by atomic mass is 16.8. The van der Waals surface area contributed by atoms with E-state index in [1.54, 1.807) is 6.92 Å². The number of esters is 1. The number of carbonyl (C=O) groups is 2. The molecule has 12 heavy (non-hydrogen) atoms. The van der Waals surface area contributed by atoms with Gasteiger partial charge in [-0.15, -0.1) is 0 Å². The zero-order valence-corrected chi connectivity index (χ0v) is 7.33. The summed E-state index contributed by atoms with van der Waals surface area (Å²) in [5.74, 6) is -0.508. The molecule has 0 rings (SSSR count). The molecule has 0 bridgehead atoms. The number of carbonyl (C=O) groups excluding carboxylic acids is 2. The Kier molecular flexibility index (Phi) is 4.83. The smallest absolute Gasteiger partial charge is 0.435 e. The number of rotatable bonds is 3. The Morgan fingerprint density at radius 3 is 2.33 bits per heavy atom. The monoisotopic (exact) mass is 176 g/mol. The minimum absolute atomic E-state index is 0.228. The summed E-state index contributed by atoms with van der Waals surface area (Å²) in [5, 5.41) is 0. The fourth-order valence-corrected chi connectivity index (χ4v) is 0.545. The maximum atomic E-state index is 10.6. The Bertz CT molecular complexity index is 165. The van der Waals surface area contributed by atoms with Crippen LogP contribution in [0.1, 0.15) is 20.8 Å². The lowest BCUT2D eigenvalue weighted by Crippen LogP contribution is -2.20. The third-order valence-electron chi connectivity index (χ3n) is 0.856. The Morgan fingerprint density at radius 2 is 1.92 bits per heavy atom. The summed E-state index contributed by atoms with van der Waals surface area (Å²) >= 11 is 0. The molecule has 1 atom stereocenters. The lowest BCUT2D eigenvalue weighted by atomic mass is 10.7.